The van der Waals surface area contributed by atoms with E-state index in [0.29, 0.717) is 28.9 Å². The van der Waals surface area contributed by atoms with Gasteiger partial charge in [0.2, 0.25) is 12.3 Å². The van der Waals surface area contributed by atoms with Crippen LogP contribution >= 0.6 is 0 Å². The van der Waals surface area contributed by atoms with Crippen LogP contribution in [0.15, 0.2) is 63.9 Å². The molecular formula is C18H13N5O3. The van der Waals surface area contributed by atoms with Crippen molar-refractivity contribution in [3.63, 3.8) is 0 Å². The first-order valence-corrected chi connectivity index (χ1v) is 7.78. The Hall–Kier alpha value is -3.81. The summed E-state index contributed by atoms with van der Waals surface area (Å²) >= 11 is 0. The highest BCUT2D eigenvalue weighted by atomic mass is 16.5. The topological polar surface area (TPSA) is 107 Å². The lowest BCUT2D eigenvalue weighted by Gasteiger charge is -2.06. The Labute approximate surface area is 147 Å². The number of hydrogen-bond donors (Lipinski definition) is 1. The Bertz CT molecular complexity index is 1040. The summed E-state index contributed by atoms with van der Waals surface area (Å²) in [7, 11) is 0. The fourth-order valence-corrected chi connectivity index (χ4v) is 2.41. The molecule has 2 aromatic heterocycles. The van der Waals surface area contributed by atoms with Gasteiger partial charge < -0.3 is 14.3 Å². The molecule has 0 atom stereocenters. The molecule has 0 aliphatic carbocycles. The highest BCUT2D eigenvalue weighted by Crippen LogP contribution is 2.22. The average Bonchev–Trinajstić information content (AvgIpc) is 3.34. The minimum Gasteiger partial charge on any atom is -0.423 e. The molecule has 0 aliphatic rings. The fraction of sp³-hybridized carbons (Fsp3) is 0.0556. The number of amides is 1. The molecule has 1 N–H and O–H groups in total. The molecule has 0 aliphatic heterocycles. The molecule has 128 valence electrons. The average molecular weight is 347 g/mol. The molecular weight excluding hydrogens is 334 g/mol. The predicted molar refractivity (Wildman–Crippen MR) is 92.2 cm³/mol. The van der Waals surface area contributed by atoms with Crippen LogP contribution in [-0.4, -0.2) is 26.2 Å². The third-order valence-corrected chi connectivity index (χ3v) is 3.65. The van der Waals surface area contributed by atoms with Gasteiger partial charge in [0.05, 0.1) is 0 Å². The van der Waals surface area contributed by atoms with Gasteiger partial charge in [0.15, 0.2) is 5.82 Å². The minimum absolute atomic E-state index is 0.235. The molecule has 4 rings (SSSR count). The summed E-state index contributed by atoms with van der Waals surface area (Å²) in [6, 6.07) is 14.1. The summed E-state index contributed by atoms with van der Waals surface area (Å²) in [5, 5.41) is 14.1. The summed E-state index contributed by atoms with van der Waals surface area (Å²) in [6.07, 6.45) is 1.26. The first-order chi connectivity index (χ1) is 12.7. The molecule has 0 spiro atoms. The predicted octanol–water partition coefficient (Wildman–Crippen LogP) is 3.35. The van der Waals surface area contributed by atoms with Gasteiger partial charge in [0, 0.05) is 22.4 Å². The second-order valence-corrected chi connectivity index (χ2v) is 5.50. The lowest BCUT2D eigenvalue weighted by Crippen LogP contribution is -2.11. The van der Waals surface area contributed by atoms with Crippen molar-refractivity contribution in [2.24, 2.45) is 0 Å². The SMILES string of the molecule is Cc1noc(-c2ccc(C(=O)Nc3cccc(-c4nnco4)c3)cc2)n1. The molecule has 2 aromatic carbocycles. The van der Waals surface area contributed by atoms with E-state index in [-0.39, 0.29) is 5.91 Å². The van der Waals surface area contributed by atoms with Crippen molar-refractivity contribution in [2.75, 3.05) is 5.32 Å². The van der Waals surface area contributed by atoms with E-state index in [4.69, 9.17) is 8.94 Å². The van der Waals surface area contributed by atoms with Gasteiger partial charge in [0.25, 0.3) is 11.8 Å². The quantitative estimate of drug-likeness (QED) is 0.603. The van der Waals surface area contributed by atoms with E-state index in [2.05, 4.69) is 25.7 Å². The Morgan fingerprint density at radius 1 is 1.04 bits per heavy atom. The van der Waals surface area contributed by atoms with Gasteiger partial charge in [-0.05, 0) is 49.4 Å². The number of nitrogens with one attached hydrogen (secondary N) is 1. The van der Waals surface area contributed by atoms with E-state index < -0.39 is 0 Å². The van der Waals surface area contributed by atoms with E-state index >= 15 is 0 Å². The standard InChI is InChI=1S/C18H13N5O3/c1-11-20-17(26-23-11)13-7-5-12(6-8-13)16(24)21-15-4-2-3-14(9-15)18-22-19-10-25-18/h2-10H,1H3,(H,21,24). The Morgan fingerprint density at radius 3 is 2.58 bits per heavy atom. The number of benzene rings is 2. The van der Waals surface area contributed by atoms with Gasteiger partial charge in [0.1, 0.15) is 0 Å². The lowest BCUT2D eigenvalue weighted by molar-refractivity contribution is 0.102. The molecule has 0 saturated carbocycles. The van der Waals surface area contributed by atoms with E-state index in [1.165, 1.54) is 6.39 Å². The number of anilines is 1. The summed E-state index contributed by atoms with van der Waals surface area (Å²) in [5.74, 6) is 1.13. The zero-order valence-electron chi connectivity index (χ0n) is 13.7. The summed E-state index contributed by atoms with van der Waals surface area (Å²) in [5.41, 5.74) is 2.61. The van der Waals surface area contributed by atoms with E-state index in [9.17, 15) is 4.79 Å². The Kier molecular flexibility index (Phi) is 3.98. The van der Waals surface area contributed by atoms with Crippen molar-refractivity contribution in [3.05, 3.63) is 66.3 Å². The molecule has 1 amide bonds. The van der Waals surface area contributed by atoms with Crippen LogP contribution in [0.1, 0.15) is 16.2 Å². The molecule has 0 radical (unpaired) electrons. The first-order valence-electron chi connectivity index (χ1n) is 7.78. The van der Waals surface area contributed by atoms with Gasteiger partial charge in [-0.2, -0.15) is 4.98 Å². The fourth-order valence-electron chi connectivity index (χ4n) is 2.41. The second kappa shape index (κ2) is 6.60. The first kappa shape index (κ1) is 15.7. The van der Waals surface area contributed by atoms with Crippen molar-refractivity contribution < 1.29 is 13.7 Å². The van der Waals surface area contributed by atoms with E-state index in [1.54, 1.807) is 49.4 Å². The van der Waals surface area contributed by atoms with Gasteiger partial charge in [-0.1, -0.05) is 11.2 Å². The van der Waals surface area contributed by atoms with Gasteiger partial charge >= 0.3 is 0 Å². The molecule has 8 nitrogen and oxygen atoms in total. The summed E-state index contributed by atoms with van der Waals surface area (Å²) in [4.78, 5) is 16.6. The van der Waals surface area contributed by atoms with E-state index in [0.717, 1.165) is 11.1 Å². The number of carbonyl (C=O) groups excluding carboxylic acids is 1. The number of hydrogen-bond acceptors (Lipinski definition) is 7. The largest absolute Gasteiger partial charge is 0.423 e. The third kappa shape index (κ3) is 3.20. The van der Waals surface area contributed by atoms with Crippen molar-refractivity contribution in [2.45, 2.75) is 6.92 Å². The highest BCUT2D eigenvalue weighted by molar-refractivity contribution is 6.04. The molecule has 0 bridgehead atoms. The maximum atomic E-state index is 12.4. The Morgan fingerprint density at radius 2 is 1.88 bits per heavy atom. The van der Waals surface area contributed by atoms with Crippen molar-refractivity contribution in [1.29, 1.82) is 0 Å². The van der Waals surface area contributed by atoms with Crippen molar-refractivity contribution >= 4 is 11.6 Å². The van der Waals surface area contributed by atoms with Crippen LogP contribution in [0.5, 0.6) is 0 Å². The van der Waals surface area contributed by atoms with Crippen LogP contribution in [-0.2, 0) is 0 Å². The highest BCUT2D eigenvalue weighted by Gasteiger charge is 2.11. The monoisotopic (exact) mass is 347 g/mol. The van der Waals surface area contributed by atoms with Crippen LogP contribution in [0.2, 0.25) is 0 Å². The zero-order valence-corrected chi connectivity index (χ0v) is 13.7. The normalized spacial score (nSPS) is 10.7. The van der Waals surface area contributed by atoms with E-state index in [1.807, 2.05) is 6.07 Å². The molecule has 0 saturated heterocycles. The van der Waals surface area contributed by atoms with Crippen molar-refractivity contribution in [1.82, 2.24) is 20.3 Å². The van der Waals surface area contributed by atoms with Gasteiger partial charge in [-0.25, -0.2) is 0 Å². The molecule has 26 heavy (non-hydrogen) atoms. The second-order valence-electron chi connectivity index (χ2n) is 5.50. The summed E-state index contributed by atoms with van der Waals surface area (Å²) < 4.78 is 10.3. The van der Waals surface area contributed by atoms with Crippen LogP contribution in [0, 0.1) is 6.92 Å². The minimum atomic E-state index is -0.235. The van der Waals surface area contributed by atoms with Crippen LogP contribution in [0.3, 0.4) is 0 Å². The van der Waals surface area contributed by atoms with Crippen LogP contribution in [0.25, 0.3) is 22.9 Å². The van der Waals surface area contributed by atoms with Crippen molar-refractivity contribution in [3.8, 4) is 22.9 Å². The maximum absolute atomic E-state index is 12.4. The van der Waals surface area contributed by atoms with Gasteiger partial charge in [-0.15, -0.1) is 10.2 Å². The van der Waals surface area contributed by atoms with Gasteiger partial charge in [-0.3, -0.25) is 4.79 Å². The number of rotatable bonds is 4. The maximum Gasteiger partial charge on any atom is 0.257 e. The van der Waals surface area contributed by atoms with Crippen LogP contribution < -0.4 is 5.32 Å². The number of aryl methyl sites for hydroxylation is 1. The smallest absolute Gasteiger partial charge is 0.257 e. The molecule has 4 aromatic rings. The number of nitrogens with zero attached hydrogens (tertiary/aromatic N) is 4. The molecule has 0 unspecified atom stereocenters. The molecule has 8 heteroatoms. The Balaban J connectivity index is 1.51. The molecule has 0 fully saturated rings. The summed E-state index contributed by atoms with van der Waals surface area (Å²) in [6.45, 7) is 1.75. The zero-order chi connectivity index (χ0) is 17.9. The third-order valence-electron chi connectivity index (χ3n) is 3.65. The lowest BCUT2D eigenvalue weighted by atomic mass is 10.1. The molecule has 2 heterocycles. The number of aromatic nitrogens is 4. The van der Waals surface area contributed by atoms with Crippen LogP contribution in [0.4, 0.5) is 5.69 Å². The number of carbonyl (C=O) groups is 1.